The van der Waals surface area contributed by atoms with Gasteiger partial charge in [-0.15, -0.1) is 5.59 Å². The maximum atomic E-state index is 12.5. The smallest absolute Gasteiger partial charge is 0.261 e. The Morgan fingerprint density at radius 3 is 2.68 bits per heavy atom. The molecule has 1 aromatic heterocycles. The van der Waals surface area contributed by atoms with Gasteiger partial charge in [-0.25, -0.2) is 4.98 Å². The number of fused-ring (bicyclic) bond motifs is 1. The second-order valence-electron chi connectivity index (χ2n) is 4.72. The van der Waals surface area contributed by atoms with Gasteiger partial charge in [0, 0.05) is 0 Å². The molecule has 112 valence electrons. The van der Waals surface area contributed by atoms with Crippen molar-refractivity contribution in [2.24, 2.45) is 0 Å². The SMILES string of the molecule is O=c1c2ccc(NNO)c(Cl)c2ncn1Cc1ccccc1. The summed E-state index contributed by atoms with van der Waals surface area (Å²) in [6.45, 7) is 0.443. The van der Waals surface area contributed by atoms with Gasteiger partial charge in [0.2, 0.25) is 0 Å². The average molecular weight is 317 g/mol. The third-order valence-electron chi connectivity index (χ3n) is 3.32. The molecule has 0 saturated heterocycles. The molecule has 0 aliphatic rings. The number of nitrogens with one attached hydrogen (secondary N) is 2. The van der Waals surface area contributed by atoms with Gasteiger partial charge in [-0.2, -0.15) is 0 Å². The van der Waals surface area contributed by atoms with Crippen molar-refractivity contribution in [3.63, 3.8) is 0 Å². The normalized spacial score (nSPS) is 10.8. The minimum absolute atomic E-state index is 0.167. The van der Waals surface area contributed by atoms with Crippen molar-refractivity contribution in [2.45, 2.75) is 6.54 Å². The van der Waals surface area contributed by atoms with Crippen molar-refractivity contribution in [1.82, 2.24) is 15.1 Å². The summed E-state index contributed by atoms with van der Waals surface area (Å²) in [5.74, 6) is 0. The van der Waals surface area contributed by atoms with E-state index in [2.05, 4.69) is 10.4 Å². The maximum Gasteiger partial charge on any atom is 0.261 e. The summed E-state index contributed by atoms with van der Waals surface area (Å²) in [7, 11) is 0. The van der Waals surface area contributed by atoms with Gasteiger partial charge < -0.3 is 0 Å². The fourth-order valence-corrected chi connectivity index (χ4v) is 2.51. The first kappa shape index (κ1) is 14.5. The highest BCUT2D eigenvalue weighted by molar-refractivity contribution is 6.37. The van der Waals surface area contributed by atoms with Gasteiger partial charge in [-0.1, -0.05) is 41.9 Å². The summed E-state index contributed by atoms with van der Waals surface area (Å²) in [5.41, 5.74) is 5.94. The van der Waals surface area contributed by atoms with E-state index in [1.807, 2.05) is 30.3 Å². The third kappa shape index (κ3) is 2.67. The lowest BCUT2D eigenvalue weighted by atomic mass is 10.2. The lowest BCUT2D eigenvalue weighted by Gasteiger charge is -2.10. The number of hydrazine groups is 1. The molecule has 3 aromatic rings. The van der Waals surface area contributed by atoms with E-state index in [0.29, 0.717) is 23.1 Å². The molecule has 0 spiro atoms. The number of nitrogens with zero attached hydrogens (tertiary/aromatic N) is 2. The van der Waals surface area contributed by atoms with Crippen molar-refractivity contribution < 1.29 is 5.21 Å². The van der Waals surface area contributed by atoms with E-state index in [4.69, 9.17) is 16.8 Å². The lowest BCUT2D eigenvalue weighted by Crippen LogP contribution is -2.22. The Balaban J connectivity index is 2.07. The molecule has 3 N–H and O–H groups in total. The summed E-state index contributed by atoms with van der Waals surface area (Å²) in [5, 5.41) is 9.36. The van der Waals surface area contributed by atoms with Gasteiger partial charge >= 0.3 is 0 Å². The molecule has 1 heterocycles. The molecule has 0 aliphatic heterocycles. The van der Waals surface area contributed by atoms with Gasteiger partial charge in [-0.3, -0.25) is 20.0 Å². The molecule has 0 saturated carbocycles. The van der Waals surface area contributed by atoms with E-state index in [1.165, 1.54) is 10.9 Å². The summed E-state index contributed by atoms with van der Waals surface area (Å²) in [6.07, 6.45) is 1.47. The lowest BCUT2D eigenvalue weighted by molar-refractivity contribution is 0.193. The van der Waals surface area contributed by atoms with Crippen molar-refractivity contribution >= 4 is 28.2 Å². The predicted octanol–water partition coefficient (Wildman–Crippen LogP) is 2.40. The Morgan fingerprint density at radius 2 is 1.95 bits per heavy atom. The molecule has 0 radical (unpaired) electrons. The summed E-state index contributed by atoms with van der Waals surface area (Å²) in [6, 6.07) is 12.9. The van der Waals surface area contributed by atoms with Gasteiger partial charge in [-0.05, 0) is 17.7 Å². The zero-order chi connectivity index (χ0) is 15.5. The first-order valence-electron chi connectivity index (χ1n) is 6.57. The van der Waals surface area contributed by atoms with Crippen LogP contribution in [0.4, 0.5) is 5.69 Å². The molecule has 0 amide bonds. The number of anilines is 1. The number of aromatic nitrogens is 2. The van der Waals surface area contributed by atoms with Crippen LogP contribution >= 0.6 is 11.6 Å². The number of hydrogen-bond donors (Lipinski definition) is 3. The van der Waals surface area contributed by atoms with Crippen molar-refractivity contribution in [1.29, 1.82) is 0 Å². The van der Waals surface area contributed by atoms with Crippen LogP contribution in [-0.4, -0.2) is 14.8 Å². The summed E-state index contributed by atoms with van der Waals surface area (Å²) >= 11 is 6.18. The molecule has 22 heavy (non-hydrogen) atoms. The van der Waals surface area contributed by atoms with E-state index in [9.17, 15) is 4.79 Å². The average Bonchev–Trinajstić information content (AvgIpc) is 2.54. The Hall–Kier alpha value is -2.41. The van der Waals surface area contributed by atoms with Gasteiger partial charge in [0.1, 0.15) is 0 Å². The highest BCUT2D eigenvalue weighted by Gasteiger charge is 2.11. The second-order valence-corrected chi connectivity index (χ2v) is 5.10. The van der Waals surface area contributed by atoms with Crippen LogP contribution in [0.15, 0.2) is 53.6 Å². The van der Waals surface area contributed by atoms with E-state index in [-0.39, 0.29) is 10.6 Å². The zero-order valence-electron chi connectivity index (χ0n) is 11.5. The van der Waals surface area contributed by atoms with Crippen LogP contribution in [-0.2, 0) is 6.54 Å². The van der Waals surface area contributed by atoms with Crippen molar-refractivity contribution in [3.05, 3.63) is 69.7 Å². The molecule has 6 nitrogen and oxygen atoms in total. The molecular weight excluding hydrogens is 304 g/mol. The van der Waals surface area contributed by atoms with Crippen LogP contribution in [0.5, 0.6) is 0 Å². The number of rotatable bonds is 4. The summed E-state index contributed by atoms with van der Waals surface area (Å²) < 4.78 is 1.53. The van der Waals surface area contributed by atoms with Crippen LogP contribution in [0.3, 0.4) is 0 Å². The minimum atomic E-state index is -0.167. The molecule has 0 fully saturated rings. The van der Waals surface area contributed by atoms with Crippen LogP contribution in [0.2, 0.25) is 5.02 Å². The molecule has 0 aliphatic carbocycles. The first-order valence-corrected chi connectivity index (χ1v) is 6.95. The number of halogens is 1. The highest BCUT2D eigenvalue weighted by atomic mass is 35.5. The fraction of sp³-hybridized carbons (Fsp3) is 0.0667. The van der Waals surface area contributed by atoms with E-state index >= 15 is 0 Å². The van der Waals surface area contributed by atoms with E-state index < -0.39 is 0 Å². The molecule has 7 heteroatoms. The monoisotopic (exact) mass is 316 g/mol. The minimum Gasteiger partial charge on any atom is -0.297 e. The Labute approximate surface area is 130 Å². The molecule has 0 bridgehead atoms. The first-order chi connectivity index (χ1) is 10.7. The zero-order valence-corrected chi connectivity index (χ0v) is 12.2. The van der Waals surface area contributed by atoms with Gasteiger partial charge in [0.25, 0.3) is 5.56 Å². The van der Waals surface area contributed by atoms with Gasteiger partial charge in [0.05, 0.1) is 34.5 Å². The van der Waals surface area contributed by atoms with E-state index in [0.717, 1.165) is 5.56 Å². The largest absolute Gasteiger partial charge is 0.297 e. The molecule has 0 atom stereocenters. The highest BCUT2D eigenvalue weighted by Crippen LogP contribution is 2.27. The molecule has 0 unspecified atom stereocenters. The molecular formula is C15H13ClN4O2. The van der Waals surface area contributed by atoms with Crippen LogP contribution in [0.1, 0.15) is 5.56 Å². The number of hydrogen-bond acceptors (Lipinski definition) is 5. The Kier molecular flexibility index (Phi) is 4.06. The van der Waals surface area contributed by atoms with Gasteiger partial charge in [0.15, 0.2) is 0 Å². The fourth-order valence-electron chi connectivity index (χ4n) is 2.25. The van der Waals surface area contributed by atoms with Crippen LogP contribution < -0.4 is 16.6 Å². The molecule has 2 aromatic carbocycles. The Morgan fingerprint density at radius 1 is 1.18 bits per heavy atom. The summed E-state index contributed by atoms with van der Waals surface area (Å²) in [4.78, 5) is 16.8. The van der Waals surface area contributed by atoms with Crippen molar-refractivity contribution in [2.75, 3.05) is 5.43 Å². The quantitative estimate of drug-likeness (QED) is 0.644. The topological polar surface area (TPSA) is 79.2 Å². The molecule has 3 rings (SSSR count). The Bertz CT molecular complexity index is 865. The predicted molar refractivity (Wildman–Crippen MR) is 85.1 cm³/mol. The second kappa shape index (κ2) is 6.15. The number of benzene rings is 2. The maximum absolute atomic E-state index is 12.5. The third-order valence-corrected chi connectivity index (χ3v) is 3.70. The van der Waals surface area contributed by atoms with E-state index in [1.54, 1.807) is 17.7 Å². The van der Waals surface area contributed by atoms with Crippen molar-refractivity contribution in [3.8, 4) is 0 Å². The van der Waals surface area contributed by atoms with Crippen LogP contribution in [0, 0.1) is 0 Å². The van der Waals surface area contributed by atoms with Crippen LogP contribution in [0.25, 0.3) is 10.9 Å². The standard InChI is InChI=1S/C15H13ClN4O2/c16-13-12(18-19-22)7-6-11-14(13)17-9-20(15(11)21)8-10-4-2-1-3-5-10/h1-7,9,18-19,22H,8H2.